The molecule has 2 amide bonds. The molecule has 126 valence electrons. The molecule has 0 aliphatic carbocycles. The molecule has 1 rings (SSSR count). The van der Waals surface area contributed by atoms with Gasteiger partial charge in [0.2, 0.25) is 5.91 Å². The Bertz CT molecular complexity index is 586. The number of nitrogens with zero attached hydrogens (tertiary/aromatic N) is 2. The third kappa shape index (κ3) is 6.50. The first-order valence-corrected chi connectivity index (χ1v) is 7.53. The maximum absolute atomic E-state index is 12.0. The topological polar surface area (TPSA) is 71.5 Å². The molecule has 0 unspecified atom stereocenters. The summed E-state index contributed by atoms with van der Waals surface area (Å²) in [5, 5.41) is 2.67. The lowest BCUT2D eigenvalue weighted by Gasteiger charge is -2.23. The van der Waals surface area contributed by atoms with E-state index in [0.29, 0.717) is 12.1 Å². The van der Waals surface area contributed by atoms with Crippen LogP contribution >= 0.6 is 0 Å². The average molecular weight is 319 g/mol. The molecule has 0 fully saturated rings. The molecule has 0 bridgehead atoms. The van der Waals surface area contributed by atoms with Gasteiger partial charge in [0, 0.05) is 20.2 Å². The molecule has 6 heteroatoms. The number of ether oxygens (including phenoxy) is 1. The molecular weight excluding hydrogens is 294 g/mol. The van der Waals surface area contributed by atoms with Crippen LogP contribution in [0.2, 0.25) is 0 Å². The van der Waals surface area contributed by atoms with Gasteiger partial charge in [0.15, 0.2) is 0 Å². The molecule has 0 aromatic carbocycles. The minimum absolute atomic E-state index is 0.143. The maximum atomic E-state index is 12.0. The molecule has 0 spiro atoms. The lowest BCUT2D eigenvalue weighted by molar-refractivity contribution is -0.114. The first kappa shape index (κ1) is 18.7. The molecule has 0 aliphatic rings. The van der Waals surface area contributed by atoms with Crippen molar-refractivity contribution in [3.63, 3.8) is 0 Å². The predicted molar refractivity (Wildman–Crippen MR) is 90.8 cm³/mol. The van der Waals surface area contributed by atoms with Gasteiger partial charge in [-0.05, 0) is 44.9 Å². The van der Waals surface area contributed by atoms with Crippen LogP contribution in [-0.4, -0.2) is 34.5 Å². The fourth-order valence-electron chi connectivity index (χ4n) is 1.82. The molecule has 1 heterocycles. The Hall–Kier alpha value is -2.37. The summed E-state index contributed by atoms with van der Waals surface area (Å²) in [6.07, 6.45) is 3.60. The van der Waals surface area contributed by atoms with E-state index in [4.69, 9.17) is 4.74 Å². The van der Waals surface area contributed by atoms with Crippen LogP contribution in [0.1, 0.15) is 46.7 Å². The Kier molecular flexibility index (Phi) is 6.30. The standard InChI is InChI=1S/C17H25N3O3/c1-7-13(11-20(6)16(22)23-17(3,4)5)15-9-8-14(10-18-15)19-12(2)21/h8-11H,7H2,1-6H3,(H,19,21). The second kappa shape index (κ2) is 7.76. The summed E-state index contributed by atoms with van der Waals surface area (Å²) in [4.78, 5) is 28.8. The van der Waals surface area contributed by atoms with Crippen molar-refractivity contribution in [3.8, 4) is 0 Å². The van der Waals surface area contributed by atoms with Gasteiger partial charge in [-0.25, -0.2) is 4.79 Å². The van der Waals surface area contributed by atoms with Crippen LogP contribution in [-0.2, 0) is 9.53 Å². The van der Waals surface area contributed by atoms with Gasteiger partial charge in [-0.15, -0.1) is 0 Å². The highest BCUT2D eigenvalue weighted by molar-refractivity contribution is 5.88. The SMILES string of the molecule is CCC(=CN(C)C(=O)OC(C)(C)C)c1ccc(NC(C)=O)cn1. The first-order valence-electron chi connectivity index (χ1n) is 7.53. The van der Waals surface area contributed by atoms with E-state index in [9.17, 15) is 9.59 Å². The summed E-state index contributed by atoms with van der Waals surface area (Å²) in [5.41, 5.74) is 1.74. The number of carbonyl (C=O) groups is 2. The second-order valence-electron chi connectivity index (χ2n) is 6.21. The van der Waals surface area contributed by atoms with Gasteiger partial charge in [0.25, 0.3) is 0 Å². The van der Waals surface area contributed by atoms with Gasteiger partial charge >= 0.3 is 6.09 Å². The van der Waals surface area contributed by atoms with Crippen LogP contribution in [0.3, 0.4) is 0 Å². The molecule has 0 aliphatic heterocycles. The number of aromatic nitrogens is 1. The van der Waals surface area contributed by atoms with Gasteiger partial charge in [-0.3, -0.25) is 14.7 Å². The quantitative estimate of drug-likeness (QED) is 0.919. The maximum Gasteiger partial charge on any atom is 0.414 e. The fraction of sp³-hybridized carbons (Fsp3) is 0.471. The monoisotopic (exact) mass is 319 g/mol. The van der Waals surface area contributed by atoms with Crippen LogP contribution in [0.15, 0.2) is 24.5 Å². The molecule has 0 saturated heterocycles. The smallest absolute Gasteiger partial charge is 0.414 e. The number of carbonyl (C=O) groups excluding carboxylic acids is 2. The normalized spacial score (nSPS) is 11.8. The van der Waals surface area contributed by atoms with Gasteiger partial charge in [0.1, 0.15) is 5.60 Å². The van der Waals surface area contributed by atoms with Crippen molar-refractivity contribution in [2.24, 2.45) is 0 Å². The molecular formula is C17H25N3O3. The number of amides is 2. The summed E-state index contributed by atoms with van der Waals surface area (Å²) in [7, 11) is 1.65. The molecule has 0 radical (unpaired) electrons. The van der Waals surface area contributed by atoms with E-state index in [1.165, 1.54) is 11.8 Å². The number of nitrogens with one attached hydrogen (secondary N) is 1. The highest BCUT2D eigenvalue weighted by Crippen LogP contribution is 2.19. The van der Waals surface area contributed by atoms with Crippen LogP contribution in [0.25, 0.3) is 5.57 Å². The Balaban J connectivity index is 2.90. The van der Waals surface area contributed by atoms with Crippen molar-refractivity contribution < 1.29 is 14.3 Å². The number of pyridine rings is 1. The number of anilines is 1. The summed E-state index contributed by atoms with van der Waals surface area (Å²) >= 11 is 0. The predicted octanol–water partition coefficient (Wildman–Crippen LogP) is 3.66. The van der Waals surface area contributed by atoms with Crippen LogP contribution in [0.5, 0.6) is 0 Å². The summed E-state index contributed by atoms with van der Waals surface area (Å²) in [6, 6.07) is 3.59. The highest BCUT2D eigenvalue weighted by atomic mass is 16.6. The van der Waals surface area contributed by atoms with E-state index in [0.717, 1.165) is 11.3 Å². The van der Waals surface area contributed by atoms with Gasteiger partial charge < -0.3 is 10.1 Å². The summed E-state index contributed by atoms with van der Waals surface area (Å²) in [5.74, 6) is -0.143. The fourth-order valence-corrected chi connectivity index (χ4v) is 1.82. The lowest BCUT2D eigenvalue weighted by Crippen LogP contribution is -2.31. The largest absolute Gasteiger partial charge is 0.443 e. The number of hydrogen-bond acceptors (Lipinski definition) is 4. The number of allylic oxidation sites excluding steroid dienone is 1. The van der Waals surface area contributed by atoms with Gasteiger partial charge in [0.05, 0.1) is 17.6 Å². The molecule has 0 atom stereocenters. The van der Waals surface area contributed by atoms with Crippen molar-refractivity contribution in [1.29, 1.82) is 0 Å². The van der Waals surface area contributed by atoms with Crippen molar-refractivity contribution in [1.82, 2.24) is 9.88 Å². The third-order valence-electron chi connectivity index (χ3n) is 2.82. The summed E-state index contributed by atoms with van der Waals surface area (Å²) in [6.45, 7) is 8.90. The number of hydrogen-bond donors (Lipinski definition) is 1. The van der Waals surface area contributed by atoms with Gasteiger partial charge in [-0.2, -0.15) is 0 Å². The average Bonchev–Trinajstić information content (AvgIpc) is 2.43. The summed E-state index contributed by atoms with van der Waals surface area (Å²) < 4.78 is 5.32. The number of rotatable bonds is 4. The molecule has 6 nitrogen and oxygen atoms in total. The molecule has 1 aromatic rings. The van der Waals surface area contributed by atoms with Gasteiger partial charge in [-0.1, -0.05) is 6.92 Å². The van der Waals surface area contributed by atoms with E-state index < -0.39 is 11.7 Å². The van der Waals surface area contributed by atoms with E-state index in [1.807, 2.05) is 33.8 Å². The van der Waals surface area contributed by atoms with E-state index in [1.54, 1.807) is 25.5 Å². The van der Waals surface area contributed by atoms with Crippen molar-refractivity contribution in [2.45, 2.75) is 46.6 Å². The zero-order valence-corrected chi connectivity index (χ0v) is 14.6. The lowest BCUT2D eigenvalue weighted by atomic mass is 10.1. The Labute approximate surface area is 137 Å². The Morgan fingerprint density at radius 1 is 1.35 bits per heavy atom. The highest BCUT2D eigenvalue weighted by Gasteiger charge is 2.19. The minimum Gasteiger partial charge on any atom is -0.443 e. The van der Waals surface area contributed by atoms with Crippen LogP contribution in [0.4, 0.5) is 10.5 Å². The first-order chi connectivity index (χ1) is 10.6. The molecule has 1 N–H and O–H groups in total. The molecule has 23 heavy (non-hydrogen) atoms. The third-order valence-corrected chi connectivity index (χ3v) is 2.82. The van der Waals surface area contributed by atoms with Crippen molar-refractivity contribution >= 4 is 23.3 Å². The van der Waals surface area contributed by atoms with E-state index in [-0.39, 0.29) is 5.91 Å². The zero-order chi connectivity index (χ0) is 17.6. The van der Waals surface area contributed by atoms with Crippen molar-refractivity contribution in [3.05, 3.63) is 30.2 Å². The van der Waals surface area contributed by atoms with Crippen molar-refractivity contribution in [2.75, 3.05) is 12.4 Å². The Morgan fingerprint density at radius 3 is 2.43 bits per heavy atom. The minimum atomic E-state index is -0.538. The Morgan fingerprint density at radius 2 is 2.00 bits per heavy atom. The molecule has 0 saturated carbocycles. The second-order valence-corrected chi connectivity index (χ2v) is 6.21. The van der Waals surface area contributed by atoms with Crippen LogP contribution in [0, 0.1) is 0 Å². The van der Waals surface area contributed by atoms with Crippen LogP contribution < -0.4 is 5.32 Å². The molecule has 1 aromatic heterocycles. The van der Waals surface area contributed by atoms with E-state index >= 15 is 0 Å². The van der Waals surface area contributed by atoms with E-state index in [2.05, 4.69) is 10.3 Å². The zero-order valence-electron chi connectivity index (χ0n) is 14.6.